The van der Waals surface area contributed by atoms with E-state index in [2.05, 4.69) is 32.2 Å². The van der Waals surface area contributed by atoms with Crippen LogP contribution < -0.4 is 16.4 Å². The van der Waals surface area contributed by atoms with Crippen molar-refractivity contribution in [3.05, 3.63) is 42.9 Å². The molecule has 0 fully saturated rings. The van der Waals surface area contributed by atoms with Crippen molar-refractivity contribution < 1.29 is 0 Å². The van der Waals surface area contributed by atoms with E-state index in [4.69, 9.17) is 5.73 Å². The molecule has 2 rings (SSSR count). The van der Waals surface area contributed by atoms with Gasteiger partial charge in [-0.3, -0.25) is 0 Å². The molecule has 2 heterocycles. The third-order valence-corrected chi connectivity index (χ3v) is 2.54. The molecule has 0 bridgehead atoms. The fourth-order valence-electron chi connectivity index (χ4n) is 1.53. The maximum absolute atomic E-state index is 6.01. The van der Waals surface area contributed by atoms with E-state index in [0.717, 1.165) is 11.4 Å². The summed E-state index contributed by atoms with van der Waals surface area (Å²) in [7, 11) is 0. The van der Waals surface area contributed by atoms with Gasteiger partial charge in [-0.1, -0.05) is 12.1 Å². The summed E-state index contributed by atoms with van der Waals surface area (Å²) in [6, 6.07) is 3.84. The van der Waals surface area contributed by atoms with E-state index in [1.54, 1.807) is 12.3 Å². The number of aromatic nitrogens is 3. The lowest BCUT2D eigenvalue weighted by atomic mass is 10.3. The van der Waals surface area contributed by atoms with Crippen LogP contribution in [-0.4, -0.2) is 21.5 Å². The molecule has 0 aromatic carbocycles. The second-order valence-corrected chi connectivity index (χ2v) is 3.95. The molecule has 0 unspecified atom stereocenters. The fraction of sp³-hybridized carbons (Fsp3) is 0.154. The first-order valence-electron chi connectivity index (χ1n) is 5.86. The molecule has 0 aliphatic heterocycles. The molecular formula is C13H16N6. The lowest BCUT2D eigenvalue weighted by Crippen LogP contribution is -2.08. The van der Waals surface area contributed by atoms with E-state index in [1.165, 1.54) is 6.33 Å². The van der Waals surface area contributed by atoms with Crippen molar-refractivity contribution >= 4 is 23.1 Å². The average Bonchev–Trinajstić information content (AvgIpc) is 2.42. The quantitative estimate of drug-likeness (QED) is 0.710. The van der Waals surface area contributed by atoms with Crippen LogP contribution in [0.3, 0.4) is 0 Å². The number of rotatable bonds is 5. The Labute approximate surface area is 111 Å². The number of pyridine rings is 1. The van der Waals surface area contributed by atoms with Crippen molar-refractivity contribution in [1.82, 2.24) is 15.0 Å². The third-order valence-electron chi connectivity index (χ3n) is 2.54. The van der Waals surface area contributed by atoms with Gasteiger partial charge in [0.15, 0.2) is 11.6 Å². The van der Waals surface area contributed by atoms with E-state index < -0.39 is 0 Å². The van der Waals surface area contributed by atoms with Crippen molar-refractivity contribution in [3.63, 3.8) is 0 Å². The first kappa shape index (κ1) is 12.8. The van der Waals surface area contributed by atoms with Crippen LogP contribution in [0.15, 0.2) is 37.3 Å². The number of anilines is 4. The van der Waals surface area contributed by atoms with Gasteiger partial charge in [-0.05, 0) is 18.6 Å². The molecule has 2 aromatic heterocycles. The van der Waals surface area contributed by atoms with Crippen LogP contribution in [0, 0.1) is 6.92 Å². The van der Waals surface area contributed by atoms with E-state index in [9.17, 15) is 0 Å². The standard InChI is InChI=1S/C13H16N6/c1-3-6-15-12-10(14)13(18-8-17-12)19-11-9(2)5-4-7-16-11/h3-5,7-8H,1,6,14H2,2H3,(H2,15,16,17,18,19). The van der Waals surface area contributed by atoms with Crippen molar-refractivity contribution in [2.24, 2.45) is 0 Å². The molecule has 0 saturated carbocycles. The Balaban J connectivity index is 2.26. The molecule has 4 N–H and O–H groups in total. The Hall–Kier alpha value is -2.63. The highest BCUT2D eigenvalue weighted by Gasteiger charge is 2.08. The summed E-state index contributed by atoms with van der Waals surface area (Å²) in [5, 5.41) is 6.15. The summed E-state index contributed by atoms with van der Waals surface area (Å²) < 4.78 is 0. The van der Waals surface area contributed by atoms with Crippen LogP contribution in [0.2, 0.25) is 0 Å². The molecule has 0 amide bonds. The van der Waals surface area contributed by atoms with Gasteiger partial charge in [-0.2, -0.15) is 0 Å². The van der Waals surface area contributed by atoms with Crippen LogP contribution in [-0.2, 0) is 0 Å². The average molecular weight is 256 g/mol. The second-order valence-electron chi connectivity index (χ2n) is 3.95. The van der Waals surface area contributed by atoms with Gasteiger partial charge in [0.05, 0.1) is 0 Å². The van der Waals surface area contributed by atoms with Gasteiger partial charge in [0.2, 0.25) is 0 Å². The summed E-state index contributed by atoms with van der Waals surface area (Å²) in [5.74, 6) is 1.83. The third kappa shape index (κ3) is 2.98. The zero-order valence-corrected chi connectivity index (χ0v) is 10.7. The highest BCUT2D eigenvalue weighted by Crippen LogP contribution is 2.25. The second kappa shape index (κ2) is 5.81. The zero-order chi connectivity index (χ0) is 13.7. The molecule has 98 valence electrons. The van der Waals surface area contributed by atoms with Gasteiger partial charge < -0.3 is 16.4 Å². The number of aryl methyl sites for hydroxylation is 1. The normalized spacial score (nSPS) is 9.95. The number of nitrogens with one attached hydrogen (secondary N) is 2. The van der Waals surface area contributed by atoms with Gasteiger partial charge in [0, 0.05) is 12.7 Å². The summed E-state index contributed by atoms with van der Waals surface area (Å²) >= 11 is 0. The minimum Gasteiger partial charge on any atom is -0.393 e. The SMILES string of the molecule is C=CCNc1ncnc(Nc2ncccc2C)c1N. The Morgan fingerprint density at radius 3 is 2.79 bits per heavy atom. The maximum Gasteiger partial charge on any atom is 0.160 e. The van der Waals surface area contributed by atoms with Gasteiger partial charge in [-0.25, -0.2) is 15.0 Å². The predicted octanol–water partition coefficient (Wildman–Crippen LogP) is 2.10. The molecular weight excluding hydrogens is 240 g/mol. The molecule has 0 atom stereocenters. The number of nitrogens with two attached hydrogens (primary N) is 1. The van der Waals surface area contributed by atoms with Crippen molar-refractivity contribution in [1.29, 1.82) is 0 Å². The fourth-order valence-corrected chi connectivity index (χ4v) is 1.53. The molecule has 0 saturated heterocycles. The van der Waals surface area contributed by atoms with Crippen molar-refractivity contribution in [2.75, 3.05) is 22.9 Å². The first-order valence-corrected chi connectivity index (χ1v) is 5.86. The Kier molecular flexibility index (Phi) is 3.92. The minimum absolute atomic E-state index is 0.453. The van der Waals surface area contributed by atoms with Crippen LogP contribution in [0.4, 0.5) is 23.1 Å². The van der Waals surface area contributed by atoms with Gasteiger partial charge >= 0.3 is 0 Å². The Morgan fingerprint density at radius 1 is 1.26 bits per heavy atom. The van der Waals surface area contributed by atoms with Crippen LogP contribution in [0.1, 0.15) is 5.56 Å². The number of hydrogen-bond donors (Lipinski definition) is 3. The van der Waals surface area contributed by atoms with E-state index in [1.807, 2.05) is 19.1 Å². The van der Waals surface area contributed by atoms with Crippen LogP contribution in [0.5, 0.6) is 0 Å². The van der Waals surface area contributed by atoms with Gasteiger partial charge in [0.1, 0.15) is 17.8 Å². The van der Waals surface area contributed by atoms with Crippen LogP contribution in [0.25, 0.3) is 0 Å². The van der Waals surface area contributed by atoms with Gasteiger partial charge in [0.25, 0.3) is 0 Å². The van der Waals surface area contributed by atoms with Gasteiger partial charge in [-0.15, -0.1) is 6.58 Å². The molecule has 19 heavy (non-hydrogen) atoms. The lowest BCUT2D eigenvalue weighted by molar-refractivity contribution is 1.13. The highest BCUT2D eigenvalue weighted by molar-refractivity contribution is 5.77. The molecule has 0 radical (unpaired) electrons. The number of nitrogens with zero attached hydrogens (tertiary/aromatic N) is 3. The smallest absolute Gasteiger partial charge is 0.160 e. The minimum atomic E-state index is 0.453. The summed E-state index contributed by atoms with van der Waals surface area (Å²) in [4.78, 5) is 12.5. The lowest BCUT2D eigenvalue weighted by Gasteiger charge is -2.12. The molecule has 0 spiro atoms. The topological polar surface area (TPSA) is 88.8 Å². The van der Waals surface area contributed by atoms with E-state index >= 15 is 0 Å². The molecule has 6 heteroatoms. The Morgan fingerprint density at radius 2 is 2.05 bits per heavy atom. The largest absolute Gasteiger partial charge is 0.393 e. The van der Waals surface area contributed by atoms with Crippen molar-refractivity contribution in [3.8, 4) is 0 Å². The first-order chi connectivity index (χ1) is 9.22. The molecule has 0 aliphatic carbocycles. The highest BCUT2D eigenvalue weighted by atomic mass is 15.1. The predicted molar refractivity (Wildman–Crippen MR) is 77.4 cm³/mol. The summed E-state index contributed by atoms with van der Waals surface area (Å²) in [6.45, 7) is 6.18. The number of nitrogen functional groups attached to an aromatic ring is 1. The molecule has 6 nitrogen and oxygen atoms in total. The van der Waals surface area contributed by atoms with Crippen LogP contribution >= 0.6 is 0 Å². The van der Waals surface area contributed by atoms with Crippen molar-refractivity contribution in [2.45, 2.75) is 6.92 Å². The monoisotopic (exact) mass is 256 g/mol. The van der Waals surface area contributed by atoms with E-state index in [0.29, 0.717) is 23.9 Å². The summed E-state index contributed by atoms with van der Waals surface area (Å²) in [5.41, 5.74) is 7.48. The Bertz CT molecular complexity index is 581. The molecule has 2 aromatic rings. The molecule has 0 aliphatic rings. The maximum atomic E-state index is 6.01. The van der Waals surface area contributed by atoms with E-state index in [-0.39, 0.29) is 0 Å². The summed E-state index contributed by atoms with van der Waals surface area (Å²) in [6.07, 6.45) is 4.89. The zero-order valence-electron chi connectivity index (χ0n) is 10.7. The number of hydrogen-bond acceptors (Lipinski definition) is 6.